The summed E-state index contributed by atoms with van der Waals surface area (Å²) >= 11 is 12.1. The van der Waals surface area contributed by atoms with Gasteiger partial charge >= 0.3 is 6.18 Å². The van der Waals surface area contributed by atoms with Gasteiger partial charge in [-0.15, -0.1) is 0 Å². The van der Waals surface area contributed by atoms with Crippen molar-refractivity contribution in [3.05, 3.63) is 63.6 Å². The zero-order chi connectivity index (χ0) is 29.1. The van der Waals surface area contributed by atoms with Gasteiger partial charge in [-0.05, 0) is 63.1 Å². The van der Waals surface area contributed by atoms with Crippen molar-refractivity contribution in [1.82, 2.24) is 10.2 Å². The smallest absolute Gasteiger partial charge is 0.350 e. The van der Waals surface area contributed by atoms with E-state index in [0.29, 0.717) is 27.0 Å². The molecule has 0 aliphatic carbocycles. The number of benzene rings is 2. The van der Waals surface area contributed by atoms with Gasteiger partial charge in [-0.1, -0.05) is 42.3 Å². The maximum atomic E-state index is 13.7. The van der Waals surface area contributed by atoms with Crippen LogP contribution in [-0.4, -0.2) is 49.5 Å². The van der Waals surface area contributed by atoms with Gasteiger partial charge in [0.05, 0.1) is 22.5 Å². The highest BCUT2D eigenvalue weighted by Gasteiger charge is 2.35. The van der Waals surface area contributed by atoms with E-state index < -0.39 is 57.4 Å². The van der Waals surface area contributed by atoms with Gasteiger partial charge in [0.1, 0.15) is 12.6 Å². The van der Waals surface area contributed by atoms with Crippen molar-refractivity contribution in [3.63, 3.8) is 0 Å². The molecule has 2 amide bonds. The maximum absolute atomic E-state index is 13.7. The molecule has 0 spiro atoms. The summed E-state index contributed by atoms with van der Waals surface area (Å²) in [6.45, 7) is 6.03. The van der Waals surface area contributed by atoms with Crippen molar-refractivity contribution >= 4 is 50.7 Å². The molecule has 1 N–H and O–H groups in total. The standard InChI is InChI=1S/C25H30Cl2F3N3O4S/c1-6-20(23(35)31-24(2,3)4)32(14-16-7-10-18(26)11-8-16)22(34)15-33(38(5,36)37)21-13-17(25(28,29)30)9-12-19(21)27/h7-13,20H,6,14-15H2,1-5H3,(H,31,35)/t20-/m1/s1. The number of carbonyl (C=O) groups is 2. The van der Waals surface area contributed by atoms with Crippen LogP contribution in [0.3, 0.4) is 0 Å². The van der Waals surface area contributed by atoms with E-state index >= 15 is 0 Å². The molecular weight excluding hydrogens is 566 g/mol. The zero-order valence-corrected chi connectivity index (χ0v) is 23.9. The molecule has 0 radical (unpaired) electrons. The second kappa shape index (κ2) is 12.1. The summed E-state index contributed by atoms with van der Waals surface area (Å²) in [7, 11) is -4.28. The average molecular weight is 596 g/mol. The summed E-state index contributed by atoms with van der Waals surface area (Å²) < 4.78 is 65.9. The lowest BCUT2D eigenvalue weighted by atomic mass is 10.1. The average Bonchev–Trinajstić information content (AvgIpc) is 2.76. The largest absolute Gasteiger partial charge is 0.416 e. The normalized spacial score (nSPS) is 13.1. The highest BCUT2D eigenvalue weighted by molar-refractivity contribution is 7.92. The van der Waals surface area contributed by atoms with E-state index in [9.17, 15) is 31.2 Å². The van der Waals surface area contributed by atoms with E-state index in [0.717, 1.165) is 12.3 Å². The van der Waals surface area contributed by atoms with E-state index in [2.05, 4.69) is 5.32 Å². The predicted octanol–water partition coefficient (Wildman–Crippen LogP) is 5.50. The zero-order valence-electron chi connectivity index (χ0n) is 21.6. The third-order valence-corrected chi connectivity index (χ3v) is 7.07. The van der Waals surface area contributed by atoms with Gasteiger partial charge in [-0.25, -0.2) is 8.42 Å². The molecule has 1 atom stereocenters. The van der Waals surface area contributed by atoms with Crippen LogP contribution in [-0.2, 0) is 32.3 Å². The summed E-state index contributed by atoms with van der Waals surface area (Å²) in [5.74, 6) is -1.28. The van der Waals surface area contributed by atoms with E-state index in [-0.39, 0.29) is 18.0 Å². The number of carbonyl (C=O) groups excluding carboxylic acids is 2. The third kappa shape index (κ3) is 8.78. The fraction of sp³-hybridized carbons (Fsp3) is 0.440. The number of halogens is 5. The molecule has 2 aromatic carbocycles. The van der Waals surface area contributed by atoms with Gasteiger partial charge < -0.3 is 10.2 Å². The van der Waals surface area contributed by atoms with Crippen molar-refractivity contribution in [2.24, 2.45) is 0 Å². The third-order valence-electron chi connectivity index (χ3n) is 5.37. The number of alkyl halides is 3. The summed E-state index contributed by atoms with van der Waals surface area (Å²) in [6, 6.07) is 7.69. The molecule has 0 fully saturated rings. The Bertz CT molecular complexity index is 1260. The molecule has 210 valence electrons. The summed E-state index contributed by atoms with van der Waals surface area (Å²) in [4.78, 5) is 28.0. The molecule has 38 heavy (non-hydrogen) atoms. The number of hydrogen-bond acceptors (Lipinski definition) is 4. The minimum atomic E-state index is -4.77. The Morgan fingerprint density at radius 3 is 2.08 bits per heavy atom. The Hall–Kier alpha value is -2.50. The van der Waals surface area contributed by atoms with Crippen LogP contribution >= 0.6 is 23.2 Å². The van der Waals surface area contributed by atoms with Crippen molar-refractivity contribution < 1.29 is 31.2 Å². The van der Waals surface area contributed by atoms with Crippen molar-refractivity contribution in [1.29, 1.82) is 0 Å². The van der Waals surface area contributed by atoms with Crippen LogP contribution in [0.25, 0.3) is 0 Å². The topological polar surface area (TPSA) is 86.8 Å². The first-order valence-corrected chi connectivity index (χ1v) is 14.1. The molecule has 0 aliphatic rings. The van der Waals surface area contributed by atoms with Crippen LogP contribution in [0.2, 0.25) is 10.0 Å². The van der Waals surface area contributed by atoms with Crippen molar-refractivity contribution in [2.45, 2.75) is 58.4 Å². The molecule has 13 heteroatoms. The summed E-state index contributed by atoms with van der Waals surface area (Å²) in [6.07, 6.45) is -3.83. The molecular formula is C25H30Cl2F3N3O4S. The summed E-state index contributed by atoms with van der Waals surface area (Å²) in [5, 5.41) is 2.97. The first-order valence-electron chi connectivity index (χ1n) is 11.5. The lowest BCUT2D eigenvalue weighted by molar-refractivity contribution is -0.141. The molecule has 0 unspecified atom stereocenters. The second-order valence-electron chi connectivity index (χ2n) is 9.74. The number of sulfonamides is 1. The highest BCUT2D eigenvalue weighted by atomic mass is 35.5. The van der Waals surface area contributed by atoms with E-state index in [4.69, 9.17) is 23.2 Å². The number of nitrogens with one attached hydrogen (secondary N) is 1. The van der Waals surface area contributed by atoms with Crippen LogP contribution in [0.4, 0.5) is 18.9 Å². The maximum Gasteiger partial charge on any atom is 0.416 e. The van der Waals surface area contributed by atoms with Gasteiger partial charge in [0, 0.05) is 17.1 Å². The molecule has 0 saturated heterocycles. The molecule has 0 saturated carbocycles. The Kier molecular flexibility index (Phi) is 10.1. The number of nitrogens with zero attached hydrogens (tertiary/aromatic N) is 2. The molecule has 0 aliphatic heterocycles. The van der Waals surface area contributed by atoms with E-state index in [1.54, 1.807) is 52.0 Å². The Balaban J connectivity index is 2.56. The van der Waals surface area contributed by atoms with Crippen LogP contribution in [0.1, 0.15) is 45.2 Å². The molecule has 0 heterocycles. The number of amides is 2. The minimum Gasteiger partial charge on any atom is -0.350 e. The van der Waals surface area contributed by atoms with Crippen LogP contribution < -0.4 is 9.62 Å². The predicted molar refractivity (Wildman–Crippen MR) is 143 cm³/mol. The first-order chi connectivity index (χ1) is 17.3. The Labute approximate surface area is 230 Å². The minimum absolute atomic E-state index is 0.0833. The Morgan fingerprint density at radius 2 is 1.61 bits per heavy atom. The van der Waals surface area contributed by atoms with Crippen molar-refractivity contribution in [2.75, 3.05) is 17.1 Å². The highest BCUT2D eigenvalue weighted by Crippen LogP contribution is 2.36. The first kappa shape index (κ1) is 31.7. The number of hydrogen-bond donors (Lipinski definition) is 1. The number of anilines is 1. The molecule has 7 nitrogen and oxygen atoms in total. The summed E-state index contributed by atoms with van der Waals surface area (Å²) in [5.41, 5.74) is -1.65. The van der Waals surface area contributed by atoms with Gasteiger partial charge in [0.25, 0.3) is 0 Å². The van der Waals surface area contributed by atoms with Gasteiger partial charge in [-0.2, -0.15) is 13.2 Å². The quantitative estimate of drug-likeness (QED) is 0.414. The second-order valence-corrected chi connectivity index (χ2v) is 12.5. The lowest BCUT2D eigenvalue weighted by Crippen LogP contribution is -2.55. The lowest BCUT2D eigenvalue weighted by Gasteiger charge is -2.34. The van der Waals surface area contributed by atoms with Crippen LogP contribution in [0.5, 0.6) is 0 Å². The van der Waals surface area contributed by atoms with E-state index in [1.165, 1.54) is 4.90 Å². The SMILES string of the molecule is CC[C@H](C(=O)NC(C)(C)C)N(Cc1ccc(Cl)cc1)C(=O)CN(c1cc(C(F)(F)F)ccc1Cl)S(C)(=O)=O. The fourth-order valence-corrected chi connectivity index (χ4v) is 4.88. The molecule has 2 aromatic rings. The molecule has 0 aromatic heterocycles. The number of rotatable bonds is 9. The van der Waals surface area contributed by atoms with Gasteiger partial charge in [-0.3, -0.25) is 13.9 Å². The van der Waals surface area contributed by atoms with Gasteiger partial charge in [0.2, 0.25) is 21.8 Å². The van der Waals surface area contributed by atoms with Crippen molar-refractivity contribution in [3.8, 4) is 0 Å². The Morgan fingerprint density at radius 1 is 1.03 bits per heavy atom. The van der Waals surface area contributed by atoms with Crippen LogP contribution in [0.15, 0.2) is 42.5 Å². The monoisotopic (exact) mass is 595 g/mol. The van der Waals surface area contributed by atoms with Gasteiger partial charge in [0.15, 0.2) is 0 Å². The molecule has 2 rings (SSSR count). The van der Waals surface area contributed by atoms with Crippen LogP contribution in [0, 0.1) is 0 Å². The van der Waals surface area contributed by atoms with E-state index in [1.807, 2.05) is 0 Å². The molecule has 0 bridgehead atoms. The fourth-order valence-electron chi connectivity index (χ4n) is 3.63.